The van der Waals surface area contributed by atoms with Crippen molar-refractivity contribution >= 4 is 23.4 Å². The number of carbonyl (C=O) groups excluding carboxylic acids is 1. The normalized spacial score (nSPS) is 9.86. The number of nitrogens with one attached hydrogen (secondary N) is 1. The summed E-state index contributed by atoms with van der Waals surface area (Å²) in [5.74, 6) is 0.773. The van der Waals surface area contributed by atoms with E-state index >= 15 is 0 Å². The Bertz CT molecular complexity index is 708. The number of hydrogen-bond acceptors (Lipinski definition) is 5. The number of rotatable bonds is 5. The van der Waals surface area contributed by atoms with Gasteiger partial charge in [-0.2, -0.15) is 5.26 Å². The largest absolute Gasteiger partial charge is 0.497 e. The van der Waals surface area contributed by atoms with Gasteiger partial charge < -0.3 is 10.1 Å². The van der Waals surface area contributed by atoms with E-state index in [1.54, 1.807) is 43.5 Å². The first-order valence-electron chi connectivity index (χ1n) is 6.57. The van der Waals surface area contributed by atoms with Gasteiger partial charge in [-0.15, -0.1) is 0 Å². The molecule has 5 nitrogen and oxygen atoms in total. The molecule has 0 unspecified atom stereocenters. The van der Waals surface area contributed by atoms with E-state index in [-0.39, 0.29) is 11.7 Å². The minimum atomic E-state index is -0.151. The van der Waals surface area contributed by atoms with Crippen molar-refractivity contribution in [2.24, 2.45) is 0 Å². The van der Waals surface area contributed by atoms with Crippen LogP contribution in [-0.4, -0.2) is 23.8 Å². The minimum absolute atomic E-state index is 0.151. The Morgan fingerprint density at radius 2 is 2.05 bits per heavy atom. The van der Waals surface area contributed by atoms with Gasteiger partial charge in [0.15, 0.2) is 0 Å². The standard InChI is InChI=1S/C16H15N3O2S/c1-11-3-4-12(9-17)16(18-11)22-10-15(20)19-13-5-7-14(21-2)8-6-13/h3-8H,10H2,1-2H3,(H,19,20). The summed E-state index contributed by atoms with van der Waals surface area (Å²) in [6.45, 7) is 1.85. The first kappa shape index (κ1) is 15.9. The molecule has 0 atom stereocenters. The molecule has 22 heavy (non-hydrogen) atoms. The van der Waals surface area contributed by atoms with Crippen molar-refractivity contribution in [3.05, 3.63) is 47.7 Å². The van der Waals surface area contributed by atoms with Crippen molar-refractivity contribution in [1.29, 1.82) is 5.26 Å². The summed E-state index contributed by atoms with van der Waals surface area (Å²) in [6.07, 6.45) is 0. The molecule has 2 aromatic rings. The molecule has 0 bridgehead atoms. The van der Waals surface area contributed by atoms with Crippen LogP contribution < -0.4 is 10.1 Å². The molecule has 0 aliphatic heterocycles. The van der Waals surface area contributed by atoms with Crippen LogP contribution in [0.4, 0.5) is 5.69 Å². The van der Waals surface area contributed by atoms with E-state index in [2.05, 4.69) is 16.4 Å². The fourth-order valence-electron chi connectivity index (χ4n) is 1.73. The fraction of sp³-hybridized carbons (Fsp3) is 0.188. The van der Waals surface area contributed by atoms with Gasteiger partial charge in [0.2, 0.25) is 5.91 Å². The first-order chi connectivity index (χ1) is 10.6. The van der Waals surface area contributed by atoms with Crippen molar-refractivity contribution in [1.82, 2.24) is 4.98 Å². The number of amides is 1. The SMILES string of the molecule is COc1ccc(NC(=O)CSc2nc(C)ccc2C#N)cc1. The highest BCUT2D eigenvalue weighted by molar-refractivity contribution is 8.00. The number of methoxy groups -OCH3 is 1. The van der Waals surface area contributed by atoms with Crippen molar-refractivity contribution in [3.8, 4) is 11.8 Å². The van der Waals surface area contributed by atoms with Gasteiger partial charge in [0.25, 0.3) is 0 Å². The van der Waals surface area contributed by atoms with Crippen molar-refractivity contribution < 1.29 is 9.53 Å². The monoisotopic (exact) mass is 313 g/mol. The van der Waals surface area contributed by atoms with Gasteiger partial charge in [0, 0.05) is 11.4 Å². The number of carbonyl (C=O) groups is 1. The van der Waals surface area contributed by atoms with Crippen molar-refractivity contribution in [2.45, 2.75) is 11.9 Å². The summed E-state index contributed by atoms with van der Waals surface area (Å²) in [7, 11) is 1.59. The van der Waals surface area contributed by atoms with Gasteiger partial charge in [-0.25, -0.2) is 4.98 Å². The summed E-state index contributed by atoms with van der Waals surface area (Å²) in [4.78, 5) is 16.2. The molecule has 0 aliphatic carbocycles. The van der Waals surface area contributed by atoms with Crippen molar-refractivity contribution in [2.75, 3.05) is 18.2 Å². The molecule has 0 aliphatic rings. The maximum atomic E-state index is 12.0. The third-order valence-electron chi connectivity index (χ3n) is 2.83. The Morgan fingerprint density at radius 1 is 1.32 bits per heavy atom. The zero-order valence-electron chi connectivity index (χ0n) is 12.3. The van der Waals surface area contributed by atoms with Crippen LogP contribution in [0.2, 0.25) is 0 Å². The second kappa shape index (κ2) is 7.48. The number of nitriles is 1. The molecule has 1 N–H and O–H groups in total. The first-order valence-corrected chi connectivity index (χ1v) is 7.55. The molecule has 0 radical (unpaired) electrons. The molecule has 0 spiro atoms. The minimum Gasteiger partial charge on any atom is -0.497 e. The van der Waals surface area contributed by atoms with Gasteiger partial charge in [-0.05, 0) is 43.3 Å². The zero-order valence-corrected chi connectivity index (χ0v) is 13.1. The molecular formula is C16H15N3O2S. The number of nitrogens with zero attached hydrogens (tertiary/aromatic N) is 2. The summed E-state index contributed by atoms with van der Waals surface area (Å²) < 4.78 is 5.06. The van der Waals surface area contributed by atoms with E-state index in [4.69, 9.17) is 10.00 Å². The third-order valence-corrected chi connectivity index (χ3v) is 3.82. The quantitative estimate of drug-likeness (QED) is 0.859. The molecule has 0 fully saturated rings. The van der Waals surface area contributed by atoms with Gasteiger partial charge >= 0.3 is 0 Å². The fourth-order valence-corrected chi connectivity index (χ4v) is 2.55. The van der Waals surface area contributed by atoms with Gasteiger partial charge in [-0.1, -0.05) is 11.8 Å². The van der Waals surface area contributed by atoms with Gasteiger partial charge in [0.1, 0.15) is 16.8 Å². The topological polar surface area (TPSA) is 75.0 Å². The van der Waals surface area contributed by atoms with Crippen LogP contribution in [0.5, 0.6) is 5.75 Å². The molecular weight excluding hydrogens is 298 g/mol. The number of ether oxygens (including phenoxy) is 1. The molecule has 1 heterocycles. The van der Waals surface area contributed by atoms with Crippen LogP contribution in [0.1, 0.15) is 11.3 Å². The second-order valence-electron chi connectivity index (χ2n) is 4.48. The Balaban J connectivity index is 1.95. The van der Waals surface area contributed by atoms with Crippen LogP contribution in [-0.2, 0) is 4.79 Å². The van der Waals surface area contributed by atoms with Crippen LogP contribution in [0.25, 0.3) is 0 Å². The zero-order chi connectivity index (χ0) is 15.9. The maximum absolute atomic E-state index is 12.0. The van der Waals surface area contributed by atoms with Crippen LogP contribution in [0.3, 0.4) is 0 Å². The van der Waals surface area contributed by atoms with Gasteiger partial charge in [0.05, 0.1) is 18.4 Å². The number of hydrogen-bond donors (Lipinski definition) is 1. The Kier molecular flexibility index (Phi) is 5.39. The lowest BCUT2D eigenvalue weighted by molar-refractivity contribution is -0.113. The van der Waals surface area contributed by atoms with E-state index in [1.165, 1.54) is 11.8 Å². The number of aromatic nitrogens is 1. The smallest absolute Gasteiger partial charge is 0.234 e. The van der Waals surface area contributed by atoms with E-state index in [0.717, 1.165) is 11.4 Å². The highest BCUT2D eigenvalue weighted by atomic mass is 32.2. The lowest BCUT2D eigenvalue weighted by Crippen LogP contribution is -2.14. The van der Waals surface area contributed by atoms with Crippen LogP contribution in [0.15, 0.2) is 41.4 Å². The molecule has 112 valence electrons. The van der Waals surface area contributed by atoms with E-state index < -0.39 is 0 Å². The Labute approximate surface area is 133 Å². The summed E-state index contributed by atoms with van der Waals surface area (Å²) in [5.41, 5.74) is 1.99. The lowest BCUT2D eigenvalue weighted by atomic mass is 10.3. The average molecular weight is 313 g/mol. The maximum Gasteiger partial charge on any atom is 0.234 e. The van der Waals surface area contributed by atoms with Crippen molar-refractivity contribution in [3.63, 3.8) is 0 Å². The number of aryl methyl sites for hydroxylation is 1. The second-order valence-corrected chi connectivity index (χ2v) is 5.45. The molecule has 2 rings (SSSR count). The average Bonchev–Trinajstić information content (AvgIpc) is 2.54. The predicted molar refractivity (Wildman–Crippen MR) is 86.0 cm³/mol. The lowest BCUT2D eigenvalue weighted by Gasteiger charge is -2.07. The molecule has 0 saturated heterocycles. The Hall–Kier alpha value is -2.52. The summed E-state index contributed by atoms with van der Waals surface area (Å²) in [5, 5.41) is 12.4. The van der Waals surface area contributed by atoms with Crippen LogP contribution >= 0.6 is 11.8 Å². The van der Waals surface area contributed by atoms with E-state index in [1.807, 2.05) is 6.92 Å². The van der Waals surface area contributed by atoms with Crippen LogP contribution in [0, 0.1) is 18.3 Å². The number of benzene rings is 1. The molecule has 1 amide bonds. The highest BCUT2D eigenvalue weighted by Gasteiger charge is 2.09. The number of pyridine rings is 1. The number of thioether (sulfide) groups is 1. The Morgan fingerprint density at radius 3 is 2.68 bits per heavy atom. The third kappa shape index (κ3) is 4.24. The number of anilines is 1. The molecule has 0 saturated carbocycles. The summed E-state index contributed by atoms with van der Waals surface area (Å²) >= 11 is 1.25. The molecule has 1 aromatic heterocycles. The molecule has 1 aromatic carbocycles. The predicted octanol–water partition coefficient (Wildman–Crippen LogP) is 3.00. The van der Waals surface area contributed by atoms with E-state index in [0.29, 0.717) is 16.3 Å². The molecule has 6 heteroatoms. The van der Waals surface area contributed by atoms with Gasteiger partial charge in [-0.3, -0.25) is 4.79 Å². The highest BCUT2D eigenvalue weighted by Crippen LogP contribution is 2.21. The van der Waals surface area contributed by atoms with E-state index in [9.17, 15) is 4.79 Å². The summed E-state index contributed by atoms with van der Waals surface area (Å²) in [6, 6.07) is 12.7.